The van der Waals surface area contributed by atoms with Gasteiger partial charge in [-0.05, 0) is 12.1 Å². The van der Waals surface area contributed by atoms with E-state index in [-0.39, 0.29) is 18.0 Å². The second kappa shape index (κ2) is 7.79. The quantitative estimate of drug-likeness (QED) is 0.811. The number of halogens is 6. The largest absolute Gasteiger partial charge is 0.416 e. The van der Waals surface area contributed by atoms with E-state index in [0.29, 0.717) is 32.2 Å². The van der Waals surface area contributed by atoms with Gasteiger partial charge in [-0.3, -0.25) is 4.90 Å². The van der Waals surface area contributed by atoms with Crippen molar-refractivity contribution in [3.05, 3.63) is 34.1 Å². The molecule has 0 bridgehead atoms. The Balaban J connectivity index is 0.00000242. The summed E-state index contributed by atoms with van der Waals surface area (Å²) in [6.45, 7) is 1.81. The van der Waals surface area contributed by atoms with Crippen molar-refractivity contribution < 1.29 is 22.7 Å². The lowest BCUT2D eigenvalue weighted by molar-refractivity contribution is -0.137. The number of aliphatic hydroxyl groups excluding tert-OH is 1. The fourth-order valence-electron chi connectivity index (χ4n) is 2.42. The van der Waals surface area contributed by atoms with Crippen molar-refractivity contribution in [2.24, 2.45) is 0 Å². The molecule has 0 aromatic heterocycles. The maximum absolute atomic E-state index is 14.1. The van der Waals surface area contributed by atoms with Gasteiger partial charge in [-0.15, -0.1) is 12.4 Å². The van der Waals surface area contributed by atoms with Gasteiger partial charge in [0.15, 0.2) is 0 Å². The second-order valence-corrected chi connectivity index (χ2v) is 5.25. The van der Waals surface area contributed by atoms with Gasteiger partial charge >= 0.3 is 6.18 Å². The van der Waals surface area contributed by atoms with Crippen molar-refractivity contribution in [2.45, 2.75) is 12.2 Å². The van der Waals surface area contributed by atoms with Crippen molar-refractivity contribution in [3.8, 4) is 0 Å². The zero-order chi connectivity index (χ0) is 15.6. The highest BCUT2D eigenvalue weighted by Gasteiger charge is 2.34. The fourth-order valence-corrected chi connectivity index (χ4v) is 2.65. The van der Waals surface area contributed by atoms with Crippen molar-refractivity contribution in [2.75, 3.05) is 32.8 Å². The first-order chi connectivity index (χ1) is 9.84. The van der Waals surface area contributed by atoms with Crippen LogP contribution in [0.2, 0.25) is 5.02 Å². The molecule has 1 saturated heterocycles. The first kappa shape index (κ1) is 19.4. The summed E-state index contributed by atoms with van der Waals surface area (Å²) in [7, 11) is 0. The molecule has 1 aromatic carbocycles. The van der Waals surface area contributed by atoms with Gasteiger partial charge in [0.1, 0.15) is 5.82 Å². The van der Waals surface area contributed by atoms with Crippen LogP contribution in [0.3, 0.4) is 0 Å². The molecule has 0 spiro atoms. The predicted molar refractivity (Wildman–Crippen MR) is 77.9 cm³/mol. The molecule has 0 amide bonds. The number of rotatable bonds is 3. The van der Waals surface area contributed by atoms with E-state index >= 15 is 0 Å². The molecule has 9 heteroatoms. The van der Waals surface area contributed by atoms with Crippen LogP contribution in [0.15, 0.2) is 12.1 Å². The summed E-state index contributed by atoms with van der Waals surface area (Å²) in [4.78, 5) is 1.74. The van der Waals surface area contributed by atoms with Crippen molar-refractivity contribution in [1.29, 1.82) is 0 Å². The summed E-state index contributed by atoms with van der Waals surface area (Å²) < 4.78 is 52.6. The Morgan fingerprint density at radius 1 is 1.27 bits per heavy atom. The van der Waals surface area contributed by atoms with Crippen LogP contribution < -0.4 is 5.32 Å². The molecule has 2 rings (SSSR count). The van der Waals surface area contributed by atoms with Crippen LogP contribution in [0.25, 0.3) is 0 Å². The van der Waals surface area contributed by atoms with E-state index in [1.165, 1.54) is 0 Å². The lowest BCUT2D eigenvalue weighted by Crippen LogP contribution is -2.46. The molecule has 1 atom stereocenters. The molecule has 1 aliphatic rings. The Morgan fingerprint density at radius 2 is 1.86 bits per heavy atom. The number of piperazine rings is 1. The minimum Gasteiger partial charge on any atom is -0.394 e. The molecule has 22 heavy (non-hydrogen) atoms. The average Bonchev–Trinajstić information content (AvgIpc) is 2.44. The number of hydrogen-bond acceptors (Lipinski definition) is 3. The van der Waals surface area contributed by atoms with Gasteiger partial charge in [0.2, 0.25) is 0 Å². The Hall–Kier alpha value is -0.600. The maximum Gasteiger partial charge on any atom is 0.416 e. The molecule has 0 radical (unpaired) electrons. The summed E-state index contributed by atoms with van der Waals surface area (Å²) in [6.07, 6.45) is -4.62. The fraction of sp³-hybridized carbons (Fsp3) is 0.538. The molecule has 3 nitrogen and oxygen atoms in total. The Labute approximate surface area is 136 Å². The molecule has 126 valence electrons. The normalized spacial score (nSPS) is 17.9. The lowest BCUT2D eigenvalue weighted by Gasteiger charge is -2.34. The van der Waals surface area contributed by atoms with Crippen LogP contribution in [-0.4, -0.2) is 42.8 Å². The Kier molecular flexibility index (Phi) is 6.88. The van der Waals surface area contributed by atoms with E-state index in [9.17, 15) is 22.7 Å². The summed E-state index contributed by atoms with van der Waals surface area (Å²) in [5.74, 6) is -0.915. The minimum atomic E-state index is -4.62. The highest BCUT2D eigenvalue weighted by Crippen LogP contribution is 2.36. The van der Waals surface area contributed by atoms with Crippen molar-refractivity contribution in [3.63, 3.8) is 0 Å². The summed E-state index contributed by atoms with van der Waals surface area (Å²) in [5.41, 5.74) is -1.24. The number of aliphatic hydroxyl groups is 1. The smallest absolute Gasteiger partial charge is 0.394 e. The van der Waals surface area contributed by atoms with Crippen LogP contribution in [-0.2, 0) is 6.18 Å². The number of alkyl halides is 3. The molecular weight excluding hydrogens is 347 g/mol. The van der Waals surface area contributed by atoms with Gasteiger partial charge in [-0.2, -0.15) is 13.2 Å². The predicted octanol–water partition coefficient (Wildman–Crippen LogP) is 2.86. The molecule has 0 saturated carbocycles. The van der Waals surface area contributed by atoms with Crippen LogP contribution in [0.4, 0.5) is 17.6 Å². The van der Waals surface area contributed by atoms with Gasteiger partial charge in [-0.25, -0.2) is 4.39 Å². The monoisotopic (exact) mass is 362 g/mol. The third kappa shape index (κ3) is 4.23. The molecule has 1 heterocycles. The second-order valence-electron chi connectivity index (χ2n) is 4.84. The third-order valence-electron chi connectivity index (χ3n) is 3.51. The van der Waals surface area contributed by atoms with Gasteiger partial charge in [0, 0.05) is 31.7 Å². The van der Waals surface area contributed by atoms with Gasteiger partial charge in [-0.1, -0.05) is 11.6 Å². The lowest BCUT2D eigenvalue weighted by atomic mass is 10.0. The molecule has 0 aliphatic carbocycles. The Morgan fingerprint density at radius 3 is 2.36 bits per heavy atom. The van der Waals surface area contributed by atoms with Gasteiger partial charge in [0.05, 0.1) is 23.2 Å². The van der Waals surface area contributed by atoms with E-state index in [0.717, 1.165) is 6.07 Å². The van der Waals surface area contributed by atoms with Crippen LogP contribution in [0, 0.1) is 5.82 Å². The van der Waals surface area contributed by atoms with Crippen molar-refractivity contribution in [1.82, 2.24) is 10.2 Å². The first-order valence-corrected chi connectivity index (χ1v) is 6.84. The minimum absolute atomic E-state index is 0. The van der Waals surface area contributed by atoms with Gasteiger partial charge in [0.25, 0.3) is 0 Å². The summed E-state index contributed by atoms with van der Waals surface area (Å²) >= 11 is 5.58. The number of hydrogen-bond donors (Lipinski definition) is 2. The highest BCUT2D eigenvalue weighted by atomic mass is 35.5. The van der Waals surface area contributed by atoms with E-state index in [4.69, 9.17) is 11.6 Å². The zero-order valence-corrected chi connectivity index (χ0v) is 13.0. The molecule has 0 unspecified atom stereocenters. The summed E-state index contributed by atoms with van der Waals surface area (Å²) in [6, 6.07) is 0.448. The molecule has 2 N–H and O–H groups in total. The SMILES string of the molecule is Cl.OC[C@H](c1cc(C(F)(F)F)cc(Cl)c1F)N1CCNCC1. The molecule has 1 aliphatic heterocycles. The van der Waals surface area contributed by atoms with Gasteiger partial charge < -0.3 is 10.4 Å². The Bertz CT molecular complexity index is 508. The average molecular weight is 363 g/mol. The number of nitrogens with one attached hydrogen (secondary N) is 1. The van der Waals surface area contributed by atoms with Crippen molar-refractivity contribution >= 4 is 24.0 Å². The molecule has 1 aromatic rings. The summed E-state index contributed by atoms with van der Waals surface area (Å²) in [5, 5.41) is 12.0. The third-order valence-corrected chi connectivity index (χ3v) is 3.78. The van der Waals surface area contributed by atoms with Crippen LogP contribution in [0.5, 0.6) is 0 Å². The first-order valence-electron chi connectivity index (χ1n) is 6.46. The van der Waals surface area contributed by atoms with E-state index in [2.05, 4.69) is 5.32 Å². The van der Waals surface area contributed by atoms with Crippen LogP contribution >= 0.6 is 24.0 Å². The number of nitrogens with zero attached hydrogens (tertiary/aromatic N) is 1. The zero-order valence-electron chi connectivity index (χ0n) is 11.5. The number of benzene rings is 1. The maximum atomic E-state index is 14.1. The molecular formula is C13H16Cl2F4N2O. The van der Waals surface area contributed by atoms with E-state index in [1.54, 1.807) is 4.90 Å². The topological polar surface area (TPSA) is 35.5 Å². The standard InChI is InChI=1S/C13H15ClF4N2O.ClH/c14-10-6-8(13(16,17)18)5-9(12(10)15)11(7-21)20-3-1-19-2-4-20;/h5-6,11,19,21H,1-4,7H2;1H/t11-;/m1./s1. The van der Waals surface area contributed by atoms with Crippen LogP contribution in [0.1, 0.15) is 17.2 Å². The van der Waals surface area contributed by atoms with E-state index in [1.807, 2.05) is 0 Å². The highest BCUT2D eigenvalue weighted by molar-refractivity contribution is 6.30. The van der Waals surface area contributed by atoms with E-state index < -0.39 is 35.2 Å². The molecule has 1 fully saturated rings.